The third-order valence-corrected chi connectivity index (χ3v) is 9.58. The van der Waals surface area contributed by atoms with Crippen LogP contribution >= 0.6 is 39.1 Å². The molecule has 2 heterocycles. The average molecular weight is 556 g/mol. The molecule has 0 radical (unpaired) electrons. The summed E-state index contributed by atoms with van der Waals surface area (Å²) in [6, 6.07) is 6.47. The minimum Gasteiger partial charge on any atom is -0.508 e. The van der Waals surface area contributed by atoms with Crippen LogP contribution in [-0.2, 0) is 19.2 Å². The summed E-state index contributed by atoms with van der Waals surface area (Å²) in [5.41, 5.74) is 0.937. The lowest BCUT2D eigenvalue weighted by Gasteiger charge is -2.50. The molecule has 3 fully saturated rings. The zero-order valence-corrected chi connectivity index (χ0v) is 20.7. The summed E-state index contributed by atoms with van der Waals surface area (Å²) in [5.74, 6) is -4.67. The Hall–Kier alpha value is -1.90. The van der Waals surface area contributed by atoms with Gasteiger partial charge in [-0.1, -0.05) is 45.8 Å². The van der Waals surface area contributed by atoms with Crippen LogP contribution in [0.15, 0.2) is 35.9 Å². The maximum Gasteiger partial charge on any atom is 0.254 e. The number of alkyl halides is 3. The number of phenolic OH excluding ortho intramolecular Hbond substituents is 1. The molecular formula is C23H21BrCl2N2O5. The monoisotopic (exact) mass is 554 g/mol. The Labute approximate surface area is 208 Å². The van der Waals surface area contributed by atoms with E-state index in [1.54, 1.807) is 25.1 Å². The van der Waals surface area contributed by atoms with Gasteiger partial charge in [-0.3, -0.25) is 29.0 Å². The van der Waals surface area contributed by atoms with Gasteiger partial charge in [0.15, 0.2) is 9.75 Å². The SMILES string of the molecule is CCN1C(=O)C2CC=C3C(CC4(Cl)C(=O)N(CBr)C(=O)C4(Cl)C3c3ccccc3O)C2C1=O. The van der Waals surface area contributed by atoms with Crippen LogP contribution < -0.4 is 0 Å². The fourth-order valence-electron chi connectivity index (χ4n) is 6.21. The lowest BCUT2D eigenvalue weighted by molar-refractivity contribution is -0.141. The number of benzene rings is 1. The number of allylic oxidation sites excluding steroid dienone is 2. The van der Waals surface area contributed by atoms with E-state index in [-0.39, 0.29) is 36.0 Å². The number of aromatic hydroxyl groups is 1. The molecule has 7 nitrogen and oxygen atoms in total. The highest BCUT2D eigenvalue weighted by atomic mass is 79.9. The minimum absolute atomic E-state index is 0.0558. The van der Waals surface area contributed by atoms with Gasteiger partial charge in [0.1, 0.15) is 5.75 Å². The Balaban J connectivity index is 1.75. The molecule has 1 aromatic carbocycles. The number of phenols is 1. The molecule has 6 atom stereocenters. The molecule has 0 aromatic heterocycles. The fraction of sp³-hybridized carbons (Fsp3) is 0.478. The third kappa shape index (κ3) is 2.68. The van der Waals surface area contributed by atoms with Crippen LogP contribution in [0.4, 0.5) is 0 Å². The second kappa shape index (κ2) is 7.55. The standard InChI is InChI=1S/C23H21BrCl2N2O5/c1-2-27-18(30)13-8-7-11-14(16(13)19(27)31)9-22(25)20(32)28(10-24)21(33)23(22,26)17(11)12-5-3-4-6-15(12)29/h3-7,13-14,16-17,29H,2,8-10H2,1H3. The maximum atomic E-state index is 13.5. The van der Waals surface area contributed by atoms with Crippen LogP contribution in [0.3, 0.4) is 0 Å². The Kier molecular flexibility index (Phi) is 5.23. The minimum atomic E-state index is -1.90. The molecule has 1 N–H and O–H groups in total. The first-order valence-electron chi connectivity index (χ1n) is 10.8. The van der Waals surface area contributed by atoms with Gasteiger partial charge in [-0.05, 0) is 31.7 Å². The molecule has 2 saturated heterocycles. The van der Waals surface area contributed by atoms with Gasteiger partial charge in [-0.2, -0.15) is 0 Å². The van der Waals surface area contributed by atoms with Crippen molar-refractivity contribution in [2.75, 3.05) is 12.0 Å². The maximum absolute atomic E-state index is 13.5. The fourth-order valence-corrected chi connectivity index (χ4v) is 7.62. The number of nitrogens with zero attached hydrogens (tertiary/aromatic N) is 2. The Morgan fingerprint density at radius 2 is 1.76 bits per heavy atom. The summed E-state index contributed by atoms with van der Waals surface area (Å²) in [7, 11) is 0. The van der Waals surface area contributed by atoms with Crippen molar-refractivity contribution in [3.8, 4) is 5.75 Å². The van der Waals surface area contributed by atoms with Crippen LogP contribution in [0.2, 0.25) is 0 Å². The summed E-state index contributed by atoms with van der Waals surface area (Å²) in [6.45, 7) is 2.00. The van der Waals surface area contributed by atoms with E-state index < -0.39 is 45.2 Å². The van der Waals surface area contributed by atoms with E-state index >= 15 is 0 Å². The summed E-state index contributed by atoms with van der Waals surface area (Å²) >= 11 is 17.3. The van der Waals surface area contributed by atoms with Gasteiger partial charge < -0.3 is 5.11 Å². The first kappa shape index (κ1) is 22.9. The molecule has 6 unspecified atom stereocenters. The highest BCUT2D eigenvalue weighted by Crippen LogP contribution is 2.66. The lowest BCUT2D eigenvalue weighted by Crippen LogP contribution is -2.60. The van der Waals surface area contributed by atoms with Gasteiger partial charge in [0.2, 0.25) is 11.8 Å². The highest BCUT2D eigenvalue weighted by Gasteiger charge is 2.76. The largest absolute Gasteiger partial charge is 0.508 e. The van der Waals surface area contributed by atoms with Gasteiger partial charge in [0.25, 0.3) is 11.8 Å². The van der Waals surface area contributed by atoms with E-state index in [4.69, 9.17) is 23.2 Å². The normalized spacial score (nSPS) is 37.8. The quantitative estimate of drug-likeness (QED) is 0.267. The van der Waals surface area contributed by atoms with Crippen molar-refractivity contribution in [1.29, 1.82) is 0 Å². The molecule has 5 rings (SSSR count). The van der Waals surface area contributed by atoms with Crippen LogP contribution in [0.25, 0.3) is 0 Å². The first-order chi connectivity index (χ1) is 15.6. The molecule has 0 bridgehead atoms. The number of para-hydroxylation sites is 1. The summed E-state index contributed by atoms with van der Waals surface area (Å²) < 4.78 is 0. The van der Waals surface area contributed by atoms with E-state index in [1.807, 2.05) is 6.08 Å². The van der Waals surface area contributed by atoms with Crippen molar-refractivity contribution in [3.05, 3.63) is 41.5 Å². The molecule has 2 aliphatic carbocycles. The number of carbonyl (C=O) groups is 4. The predicted molar refractivity (Wildman–Crippen MR) is 124 cm³/mol. The van der Waals surface area contributed by atoms with Gasteiger partial charge in [-0.15, -0.1) is 23.2 Å². The van der Waals surface area contributed by atoms with Crippen molar-refractivity contribution >= 4 is 62.8 Å². The summed E-state index contributed by atoms with van der Waals surface area (Å²) in [5, 5.41) is 10.7. The van der Waals surface area contributed by atoms with Crippen LogP contribution in [0, 0.1) is 17.8 Å². The van der Waals surface area contributed by atoms with Crippen LogP contribution in [-0.4, -0.2) is 60.3 Å². The number of carbonyl (C=O) groups excluding carboxylic acids is 4. The molecule has 2 aliphatic heterocycles. The number of fused-ring (bicyclic) bond motifs is 4. The van der Waals surface area contributed by atoms with Crippen molar-refractivity contribution < 1.29 is 24.3 Å². The van der Waals surface area contributed by atoms with Crippen LogP contribution in [0.5, 0.6) is 5.75 Å². The van der Waals surface area contributed by atoms with Gasteiger partial charge in [0.05, 0.1) is 17.3 Å². The van der Waals surface area contributed by atoms with Crippen molar-refractivity contribution in [1.82, 2.24) is 9.80 Å². The molecule has 4 aliphatic rings. The molecule has 1 saturated carbocycles. The topological polar surface area (TPSA) is 95.0 Å². The average Bonchev–Trinajstić information content (AvgIpc) is 3.12. The Morgan fingerprint density at radius 1 is 1.06 bits per heavy atom. The number of hydrogen-bond donors (Lipinski definition) is 1. The van der Waals surface area contributed by atoms with Crippen molar-refractivity contribution in [2.45, 2.75) is 35.4 Å². The second-order valence-corrected chi connectivity index (χ2v) is 10.7. The number of imide groups is 2. The first-order valence-corrected chi connectivity index (χ1v) is 12.6. The van der Waals surface area contributed by atoms with Gasteiger partial charge >= 0.3 is 0 Å². The third-order valence-electron chi connectivity index (χ3n) is 7.67. The molecule has 174 valence electrons. The predicted octanol–water partition coefficient (Wildman–Crippen LogP) is 3.12. The van der Waals surface area contributed by atoms with E-state index in [0.29, 0.717) is 17.6 Å². The van der Waals surface area contributed by atoms with E-state index in [1.165, 1.54) is 11.0 Å². The van der Waals surface area contributed by atoms with E-state index in [0.717, 1.165) is 4.90 Å². The number of hydrogen-bond acceptors (Lipinski definition) is 5. The summed E-state index contributed by atoms with van der Waals surface area (Å²) in [6.07, 6.45) is 2.11. The van der Waals surface area contributed by atoms with Gasteiger partial charge in [-0.25, -0.2) is 0 Å². The Morgan fingerprint density at radius 3 is 2.39 bits per heavy atom. The van der Waals surface area contributed by atoms with Crippen LogP contribution in [0.1, 0.15) is 31.2 Å². The van der Waals surface area contributed by atoms with E-state index in [2.05, 4.69) is 15.9 Å². The highest BCUT2D eigenvalue weighted by molar-refractivity contribution is 9.09. The molecule has 33 heavy (non-hydrogen) atoms. The number of rotatable bonds is 3. The molecular weight excluding hydrogens is 535 g/mol. The zero-order chi connectivity index (χ0) is 23.9. The van der Waals surface area contributed by atoms with Crippen molar-refractivity contribution in [3.63, 3.8) is 0 Å². The smallest absolute Gasteiger partial charge is 0.254 e. The Bertz CT molecular complexity index is 1140. The number of likely N-dealkylation sites (tertiary alicyclic amines) is 2. The molecule has 4 amide bonds. The molecule has 10 heteroatoms. The van der Waals surface area contributed by atoms with Gasteiger partial charge in [0, 0.05) is 18.0 Å². The van der Waals surface area contributed by atoms with E-state index in [9.17, 15) is 24.3 Å². The summed E-state index contributed by atoms with van der Waals surface area (Å²) in [4.78, 5) is 51.6. The lowest BCUT2D eigenvalue weighted by atomic mass is 9.56. The molecule has 1 aromatic rings. The van der Waals surface area contributed by atoms with Crippen molar-refractivity contribution in [2.24, 2.45) is 17.8 Å². The second-order valence-electron chi connectivity index (χ2n) is 8.97. The number of halogens is 3. The zero-order valence-electron chi connectivity index (χ0n) is 17.6. The molecule has 0 spiro atoms. The number of amides is 4.